The van der Waals surface area contributed by atoms with Crippen LogP contribution in [0.25, 0.3) is 0 Å². The zero-order valence-electron chi connectivity index (χ0n) is 15.5. The molecule has 6 heteroatoms. The molecule has 0 saturated heterocycles. The van der Waals surface area contributed by atoms with E-state index in [1.54, 1.807) is 7.11 Å². The summed E-state index contributed by atoms with van der Waals surface area (Å²) in [4.78, 5) is 6.95. The molecule has 0 aliphatic heterocycles. The molecule has 0 aliphatic carbocycles. The predicted octanol–water partition coefficient (Wildman–Crippen LogP) is 2.64. The van der Waals surface area contributed by atoms with E-state index in [9.17, 15) is 0 Å². The van der Waals surface area contributed by atoms with Gasteiger partial charge in [0.1, 0.15) is 0 Å². The minimum absolute atomic E-state index is 0. The fourth-order valence-electron chi connectivity index (χ4n) is 2.28. The van der Waals surface area contributed by atoms with Crippen LogP contribution in [-0.2, 0) is 11.3 Å². The summed E-state index contributed by atoms with van der Waals surface area (Å²) in [5.74, 6) is 0.874. The zero-order valence-corrected chi connectivity index (χ0v) is 17.8. The third-order valence-electron chi connectivity index (χ3n) is 3.52. The van der Waals surface area contributed by atoms with E-state index >= 15 is 0 Å². The molecule has 0 aliphatic rings. The van der Waals surface area contributed by atoms with Crippen molar-refractivity contribution in [1.29, 1.82) is 0 Å². The highest BCUT2D eigenvalue weighted by Gasteiger charge is 2.01. The second-order valence-corrected chi connectivity index (χ2v) is 5.76. The Bertz CT molecular complexity index is 468. The molecule has 24 heavy (non-hydrogen) atoms. The Morgan fingerprint density at radius 1 is 1.25 bits per heavy atom. The van der Waals surface area contributed by atoms with Crippen molar-refractivity contribution in [1.82, 2.24) is 15.5 Å². The Hall–Kier alpha value is -0.860. The number of hydrogen-bond donors (Lipinski definition) is 2. The van der Waals surface area contributed by atoms with Crippen LogP contribution in [0.2, 0.25) is 0 Å². The maximum Gasteiger partial charge on any atom is 0.191 e. The molecule has 0 fully saturated rings. The lowest BCUT2D eigenvalue weighted by atomic mass is 10.1. The number of aryl methyl sites for hydroxylation is 1. The summed E-state index contributed by atoms with van der Waals surface area (Å²) in [6.45, 7) is 9.48. The standard InChI is InChI=1S/C18H32N4O.HI/c1-5-19-18(20-10-12-22(3)11-7-13-23-4)21-15-17-9-6-8-16(2)14-17;/h6,8-9,14H,5,7,10-13,15H2,1-4H3,(H2,19,20,21);1H. The first-order valence-electron chi connectivity index (χ1n) is 8.41. The predicted molar refractivity (Wildman–Crippen MR) is 113 cm³/mol. The molecule has 0 heterocycles. The summed E-state index contributed by atoms with van der Waals surface area (Å²) < 4.78 is 5.08. The van der Waals surface area contributed by atoms with E-state index in [1.165, 1.54) is 11.1 Å². The first-order valence-corrected chi connectivity index (χ1v) is 8.41. The molecule has 0 unspecified atom stereocenters. The first kappa shape index (κ1) is 23.1. The highest BCUT2D eigenvalue weighted by Crippen LogP contribution is 2.04. The van der Waals surface area contributed by atoms with Gasteiger partial charge in [-0.15, -0.1) is 24.0 Å². The zero-order chi connectivity index (χ0) is 16.9. The number of nitrogens with zero attached hydrogens (tertiary/aromatic N) is 2. The van der Waals surface area contributed by atoms with E-state index in [0.717, 1.165) is 45.2 Å². The topological polar surface area (TPSA) is 48.9 Å². The van der Waals surface area contributed by atoms with E-state index in [4.69, 9.17) is 4.74 Å². The largest absolute Gasteiger partial charge is 0.385 e. The number of benzene rings is 1. The van der Waals surface area contributed by atoms with Gasteiger partial charge in [0, 0.05) is 39.9 Å². The smallest absolute Gasteiger partial charge is 0.191 e. The van der Waals surface area contributed by atoms with Crippen LogP contribution in [0.5, 0.6) is 0 Å². The molecule has 2 N–H and O–H groups in total. The number of hydrogen-bond acceptors (Lipinski definition) is 3. The van der Waals surface area contributed by atoms with Gasteiger partial charge < -0.3 is 20.3 Å². The van der Waals surface area contributed by atoms with Crippen LogP contribution in [0, 0.1) is 6.92 Å². The van der Waals surface area contributed by atoms with Crippen molar-refractivity contribution in [3.8, 4) is 0 Å². The number of halogens is 1. The summed E-state index contributed by atoms with van der Waals surface area (Å²) in [6, 6.07) is 8.48. The Labute approximate surface area is 164 Å². The lowest BCUT2D eigenvalue weighted by Crippen LogP contribution is -2.41. The number of methoxy groups -OCH3 is 1. The fourth-order valence-corrected chi connectivity index (χ4v) is 2.28. The summed E-state index contributed by atoms with van der Waals surface area (Å²) in [6.07, 6.45) is 1.06. The number of aliphatic imine (C=N–C) groups is 1. The second kappa shape index (κ2) is 14.5. The van der Waals surface area contributed by atoms with E-state index < -0.39 is 0 Å². The average molecular weight is 448 g/mol. The molecule has 5 nitrogen and oxygen atoms in total. The molecule has 1 rings (SSSR count). The van der Waals surface area contributed by atoms with Gasteiger partial charge in [0.05, 0.1) is 6.54 Å². The number of rotatable bonds is 10. The summed E-state index contributed by atoms with van der Waals surface area (Å²) in [7, 11) is 3.88. The molecule has 0 saturated carbocycles. The van der Waals surface area contributed by atoms with E-state index in [2.05, 4.69) is 65.7 Å². The third kappa shape index (κ3) is 10.8. The van der Waals surface area contributed by atoms with E-state index in [0.29, 0.717) is 6.54 Å². The maximum absolute atomic E-state index is 5.08. The molecule has 0 radical (unpaired) electrons. The van der Waals surface area contributed by atoms with Crippen LogP contribution in [0.15, 0.2) is 29.3 Å². The SMILES string of the molecule is CCNC(=NCc1cccc(C)c1)NCCN(C)CCCOC.I. The second-order valence-electron chi connectivity index (χ2n) is 5.76. The Balaban J connectivity index is 0.00000529. The summed E-state index contributed by atoms with van der Waals surface area (Å²) in [5.41, 5.74) is 2.51. The molecule has 0 aromatic heterocycles. The Morgan fingerprint density at radius 3 is 2.71 bits per heavy atom. The van der Waals surface area contributed by atoms with Gasteiger partial charge in [-0.2, -0.15) is 0 Å². The highest BCUT2D eigenvalue weighted by molar-refractivity contribution is 14.0. The number of likely N-dealkylation sites (N-methyl/N-ethyl adjacent to an activating group) is 1. The average Bonchev–Trinajstić information content (AvgIpc) is 2.53. The van der Waals surface area contributed by atoms with Crippen molar-refractivity contribution in [2.24, 2.45) is 4.99 Å². The lowest BCUT2D eigenvalue weighted by molar-refractivity contribution is 0.180. The van der Waals surface area contributed by atoms with Crippen molar-refractivity contribution in [2.75, 3.05) is 46.9 Å². The minimum atomic E-state index is 0. The molecule has 1 aromatic rings. The van der Waals surface area contributed by atoms with Crippen LogP contribution >= 0.6 is 24.0 Å². The van der Waals surface area contributed by atoms with Gasteiger partial charge in [-0.1, -0.05) is 29.8 Å². The first-order chi connectivity index (χ1) is 11.2. The molecule has 0 spiro atoms. The van der Waals surface area contributed by atoms with Crippen LogP contribution < -0.4 is 10.6 Å². The molecular weight excluding hydrogens is 415 g/mol. The maximum atomic E-state index is 5.08. The van der Waals surface area contributed by atoms with Gasteiger partial charge in [0.15, 0.2) is 5.96 Å². The molecular formula is C18H33IN4O. The normalized spacial score (nSPS) is 11.3. The molecule has 138 valence electrons. The molecule has 0 atom stereocenters. The molecule has 0 amide bonds. The van der Waals surface area contributed by atoms with Crippen molar-refractivity contribution >= 4 is 29.9 Å². The summed E-state index contributed by atoms with van der Waals surface area (Å²) in [5, 5.41) is 6.69. The number of guanidine groups is 1. The Kier molecular flexibility index (Phi) is 14.0. The van der Waals surface area contributed by atoms with Gasteiger partial charge in [-0.25, -0.2) is 4.99 Å². The van der Waals surface area contributed by atoms with E-state index in [-0.39, 0.29) is 24.0 Å². The van der Waals surface area contributed by atoms with Crippen molar-refractivity contribution in [3.63, 3.8) is 0 Å². The van der Waals surface area contributed by atoms with Crippen LogP contribution in [0.4, 0.5) is 0 Å². The minimum Gasteiger partial charge on any atom is -0.385 e. The number of ether oxygens (including phenoxy) is 1. The monoisotopic (exact) mass is 448 g/mol. The van der Waals surface area contributed by atoms with Crippen LogP contribution in [0.3, 0.4) is 0 Å². The van der Waals surface area contributed by atoms with Gasteiger partial charge in [0.25, 0.3) is 0 Å². The van der Waals surface area contributed by atoms with Crippen LogP contribution in [0.1, 0.15) is 24.5 Å². The molecule has 0 bridgehead atoms. The summed E-state index contributed by atoms with van der Waals surface area (Å²) >= 11 is 0. The lowest BCUT2D eigenvalue weighted by Gasteiger charge is -2.18. The van der Waals surface area contributed by atoms with Gasteiger partial charge in [-0.05, 0) is 32.9 Å². The third-order valence-corrected chi connectivity index (χ3v) is 3.52. The quantitative estimate of drug-likeness (QED) is 0.250. The van der Waals surface area contributed by atoms with Crippen molar-refractivity contribution < 1.29 is 4.74 Å². The van der Waals surface area contributed by atoms with Gasteiger partial charge in [-0.3, -0.25) is 0 Å². The molecule has 1 aromatic carbocycles. The van der Waals surface area contributed by atoms with Crippen LogP contribution in [-0.4, -0.2) is 57.8 Å². The van der Waals surface area contributed by atoms with Gasteiger partial charge in [0.2, 0.25) is 0 Å². The van der Waals surface area contributed by atoms with Crippen molar-refractivity contribution in [2.45, 2.75) is 26.8 Å². The highest BCUT2D eigenvalue weighted by atomic mass is 127. The van der Waals surface area contributed by atoms with Crippen molar-refractivity contribution in [3.05, 3.63) is 35.4 Å². The number of nitrogens with one attached hydrogen (secondary N) is 2. The van der Waals surface area contributed by atoms with Gasteiger partial charge >= 0.3 is 0 Å². The Morgan fingerprint density at radius 2 is 2.04 bits per heavy atom. The van der Waals surface area contributed by atoms with E-state index in [1.807, 2.05) is 0 Å². The fraction of sp³-hybridized carbons (Fsp3) is 0.611.